The normalized spacial score (nSPS) is 10.3. The first-order valence-corrected chi connectivity index (χ1v) is 6.10. The number of aromatic nitrogens is 2. The number of benzene rings is 1. The van der Waals surface area contributed by atoms with Crippen LogP contribution >= 0.6 is 0 Å². The predicted octanol–water partition coefficient (Wildman–Crippen LogP) is 1.91. The highest BCUT2D eigenvalue weighted by molar-refractivity contribution is 5.95. The van der Waals surface area contributed by atoms with Gasteiger partial charge in [-0.15, -0.1) is 0 Å². The Labute approximate surface area is 115 Å². The van der Waals surface area contributed by atoms with Crippen LogP contribution in [0.1, 0.15) is 27.2 Å². The van der Waals surface area contributed by atoms with Crippen LogP contribution in [0.15, 0.2) is 24.4 Å². The summed E-state index contributed by atoms with van der Waals surface area (Å²) in [5.74, 6) is -1.23. The summed E-state index contributed by atoms with van der Waals surface area (Å²) in [6.07, 6.45) is 1.73. The van der Waals surface area contributed by atoms with Crippen LogP contribution in [0.5, 0.6) is 0 Å². The van der Waals surface area contributed by atoms with Crippen molar-refractivity contribution in [2.45, 2.75) is 20.3 Å². The first kappa shape index (κ1) is 13.8. The summed E-state index contributed by atoms with van der Waals surface area (Å²) in [5, 5.41) is 18.3. The third-order valence-electron chi connectivity index (χ3n) is 3.09. The number of rotatable bonds is 4. The van der Waals surface area contributed by atoms with Gasteiger partial charge in [-0.3, -0.25) is 9.89 Å². The zero-order valence-corrected chi connectivity index (χ0v) is 11.2. The molecule has 0 unspecified atom stereocenters. The van der Waals surface area contributed by atoms with Crippen molar-refractivity contribution in [3.63, 3.8) is 0 Å². The number of nitrogens with one attached hydrogen (secondary N) is 2. The number of H-pyrrole nitrogens is 1. The van der Waals surface area contributed by atoms with Crippen molar-refractivity contribution in [2.24, 2.45) is 0 Å². The summed E-state index contributed by atoms with van der Waals surface area (Å²) >= 11 is 0. The molecule has 6 heteroatoms. The Balaban J connectivity index is 2.17. The molecule has 3 N–H and O–H groups in total. The predicted molar refractivity (Wildman–Crippen MR) is 73.8 cm³/mol. The number of carboxylic acid groups (broad SMARTS) is 1. The van der Waals surface area contributed by atoms with Gasteiger partial charge >= 0.3 is 5.97 Å². The van der Waals surface area contributed by atoms with Crippen LogP contribution in [-0.2, 0) is 11.2 Å². The van der Waals surface area contributed by atoms with Gasteiger partial charge in [0.05, 0.1) is 12.0 Å². The molecule has 2 aromatic rings. The quantitative estimate of drug-likeness (QED) is 0.793. The van der Waals surface area contributed by atoms with Crippen LogP contribution in [0.3, 0.4) is 0 Å². The second kappa shape index (κ2) is 5.56. The van der Waals surface area contributed by atoms with Crippen molar-refractivity contribution in [3.05, 3.63) is 46.8 Å². The molecular weight excluding hydrogens is 258 g/mol. The second-order valence-corrected chi connectivity index (χ2v) is 4.58. The molecule has 0 aliphatic heterocycles. The number of aryl methyl sites for hydroxylation is 1. The fourth-order valence-electron chi connectivity index (χ4n) is 1.91. The molecule has 1 aromatic carbocycles. The Morgan fingerprint density at radius 2 is 2.10 bits per heavy atom. The molecule has 104 valence electrons. The van der Waals surface area contributed by atoms with Crippen molar-refractivity contribution < 1.29 is 14.7 Å². The standard InChI is InChI=1S/C14H15N3O3/c1-8-5-11(6-12(9(8)2)14(19)20)16-13(18)7-10-3-4-15-17-10/h3-6H,7H2,1-2H3,(H,15,17)(H,16,18)(H,19,20). The Hall–Kier alpha value is -2.63. The van der Waals surface area contributed by atoms with E-state index in [2.05, 4.69) is 15.5 Å². The molecule has 6 nitrogen and oxygen atoms in total. The summed E-state index contributed by atoms with van der Waals surface area (Å²) in [6.45, 7) is 3.56. The first-order valence-electron chi connectivity index (χ1n) is 6.10. The Bertz CT molecular complexity index is 648. The van der Waals surface area contributed by atoms with Crippen LogP contribution in [0.2, 0.25) is 0 Å². The van der Waals surface area contributed by atoms with Gasteiger partial charge in [0, 0.05) is 17.6 Å². The third kappa shape index (κ3) is 3.03. The van der Waals surface area contributed by atoms with Crippen molar-refractivity contribution in [1.29, 1.82) is 0 Å². The molecule has 0 aliphatic rings. The molecule has 0 bridgehead atoms. The molecule has 0 fully saturated rings. The second-order valence-electron chi connectivity index (χ2n) is 4.58. The van der Waals surface area contributed by atoms with Crippen LogP contribution in [0.4, 0.5) is 5.69 Å². The van der Waals surface area contributed by atoms with E-state index in [4.69, 9.17) is 5.11 Å². The lowest BCUT2D eigenvalue weighted by Gasteiger charge is -2.10. The lowest BCUT2D eigenvalue weighted by atomic mass is 10.0. The largest absolute Gasteiger partial charge is 0.478 e. The van der Waals surface area contributed by atoms with E-state index in [1.807, 2.05) is 6.92 Å². The first-order chi connectivity index (χ1) is 9.47. The smallest absolute Gasteiger partial charge is 0.336 e. The van der Waals surface area contributed by atoms with Crippen LogP contribution in [0, 0.1) is 13.8 Å². The van der Waals surface area contributed by atoms with Gasteiger partial charge < -0.3 is 10.4 Å². The van der Waals surface area contributed by atoms with Gasteiger partial charge in [-0.2, -0.15) is 5.10 Å². The highest BCUT2D eigenvalue weighted by Crippen LogP contribution is 2.20. The number of hydrogen-bond acceptors (Lipinski definition) is 3. The maximum atomic E-state index is 11.9. The summed E-state index contributed by atoms with van der Waals surface area (Å²) in [7, 11) is 0. The molecule has 0 atom stereocenters. The lowest BCUT2D eigenvalue weighted by molar-refractivity contribution is -0.115. The molecule has 1 heterocycles. The van der Waals surface area contributed by atoms with Crippen molar-refractivity contribution >= 4 is 17.6 Å². The minimum atomic E-state index is -1.00. The van der Waals surface area contributed by atoms with E-state index in [0.717, 1.165) is 5.56 Å². The van der Waals surface area contributed by atoms with Crippen molar-refractivity contribution in [1.82, 2.24) is 10.2 Å². The van der Waals surface area contributed by atoms with E-state index in [0.29, 0.717) is 16.9 Å². The molecular formula is C14H15N3O3. The Morgan fingerprint density at radius 1 is 1.35 bits per heavy atom. The molecule has 1 aromatic heterocycles. The van der Waals surface area contributed by atoms with Gasteiger partial charge in [0.1, 0.15) is 0 Å². The van der Waals surface area contributed by atoms with Crippen molar-refractivity contribution in [3.8, 4) is 0 Å². The number of aromatic amines is 1. The monoisotopic (exact) mass is 273 g/mol. The zero-order valence-electron chi connectivity index (χ0n) is 11.2. The molecule has 0 saturated heterocycles. The summed E-state index contributed by atoms with van der Waals surface area (Å²) in [4.78, 5) is 23.0. The van der Waals surface area contributed by atoms with E-state index in [1.54, 1.807) is 25.3 Å². The number of amides is 1. The maximum absolute atomic E-state index is 11.9. The number of carboxylic acids is 1. The van der Waals surface area contributed by atoms with Crippen molar-refractivity contribution in [2.75, 3.05) is 5.32 Å². The lowest BCUT2D eigenvalue weighted by Crippen LogP contribution is -2.15. The number of carbonyl (C=O) groups excluding carboxylic acids is 1. The van der Waals surface area contributed by atoms with Gasteiger partial charge in [0.2, 0.25) is 5.91 Å². The highest BCUT2D eigenvalue weighted by Gasteiger charge is 2.12. The number of hydrogen-bond donors (Lipinski definition) is 3. The van der Waals surface area contributed by atoms with Gasteiger partial charge in [-0.25, -0.2) is 4.79 Å². The Morgan fingerprint density at radius 3 is 2.70 bits per heavy atom. The van der Waals surface area contributed by atoms with E-state index >= 15 is 0 Å². The van der Waals surface area contributed by atoms with E-state index < -0.39 is 5.97 Å². The number of carbonyl (C=O) groups is 2. The average Bonchev–Trinajstić information content (AvgIpc) is 2.85. The van der Waals surface area contributed by atoms with Crippen LogP contribution in [0.25, 0.3) is 0 Å². The topological polar surface area (TPSA) is 95.1 Å². The fourth-order valence-corrected chi connectivity index (χ4v) is 1.91. The highest BCUT2D eigenvalue weighted by atomic mass is 16.4. The maximum Gasteiger partial charge on any atom is 0.336 e. The van der Waals surface area contributed by atoms with E-state index in [-0.39, 0.29) is 17.9 Å². The molecule has 20 heavy (non-hydrogen) atoms. The summed E-state index contributed by atoms with van der Waals surface area (Å²) in [6, 6.07) is 4.94. The molecule has 0 saturated carbocycles. The minimum Gasteiger partial charge on any atom is -0.478 e. The van der Waals surface area contributed by atoms with Gasteiger partial charge in [0.25, 0.3) is 0 Å². The van der Waals surface area contributed by atoms with E-state index in [1.165, 1.54) is 6.07 Å². The number of aromatic carboxylic acids is 1. The van der Waals surface area contributed by atoms with E-state index in [9.17, 15) is 9.59 Å². The zero-order chi connectivity index (χ0) is 14.7. The summed E-state index contributed by atoms with van der Waals surface area (Å²) in [5.41, 5.74) is 2.90. The molecule has 2 rings (SSSR count). The molecule has 0 aliphatic carbocycles. The number of nitrogens with zero attached hydrogens (tertiary/aromatic N) is 1. The van der Waals surface area contributed by atoms with Crippen LogP contribution in [-0.4, -0.2) is 27.2 Å². The molecule has 1 amide bonds. The SMILES string of the molecule is Cc1cc(NC(=O)Cc2ccn[nH]2)cc(C(=O)O)c1C. The Kier molecular flexibility index (Phi) is 3.84. The minimum absolute atomic E-state index is 0.162. The summed E-state index contributed by atoms with van der Waals surface area (Å²) < 4.78 is 0. The average molecular weight is 273 g/mol. The molecule has 0 radical (unpaired) electrons. The fraction of sp³-hybridized carbons (Fsp3) is 0.214. The van der Waals surface area contributed by atoms with Gasteiger partial charge in [-0.1, -0.05) is 0 Å². The number of anilines is 1. The van der Waals surface area contributed by atoms with Crippen LogP contribution < -0.4 is 5.32 Å². The third-order valence-corrected chi connectivity index (χ3v) is 3.09. The molecule has 0 spiro atoms. The van der Waals surface area contributed by atoms with Gasteiger partial charge in [0.15, 0.2) is 0 Å². The van der Waals surface area contributed by atoms with Gasteiger partial charge in [-0.05, 0) is 43.2 Å².